The van der Waals surface area contributed by atoms with E-state index in [4.69, 9.17) is 9.47 Å². The number of aryl methyl sites for hydroxylation is 1. The molecule has 0 aliphatic heterocycles. The van der Waals surface area contributed by atoms with E-state index in [9.17, 15) is 14.4 Å². The van der Waals surface area contributed by atoms with Gasteiger partial charge in [-0.05, 0) is 31.4 Å². The van der Waals surface area contributed by atoms with Crippen LogP contribution in [0, 0.1) is 13.8 Å². The fourth-order valence-electron chi connectivity index (χ4n) is 3.31. The fourth-order valence-corrected chi connectivity index (χ4v) is 6.09. The van der Waals surface area contributed by atoms with E-state index in [0.29, 0.717) is 10.7 Å². The highest BCUT2D eigenvalue weighted by molar-refractivity contribution is 7.99. The van der Waals surface area contributed by atoms with Crippen LogP contribution < -0.4 is 5.32 Å². The Labute approximate surface area is 203 Å². The number of aromatic nitrogens is 3. The molecule has 0 aliphatic carbocycles. The van der Waals surface area contributed by atoms with E-state index in [2.05, 4.69) is 34.7 Å². The summed E-state index contributed by atoms with van der Waals surface area (Å²) in [6.07, 6.45) is 0.902. The van der Waals surface area contributed by atoms with Gasteiger partial charge in [0, 0.05) is 22.9 Å². The van der Waals surface area contributed by atoms with Gasteiger partial charge < -0.3 is 19.4 Å². The molecule has 0 aliphatic rings. The molecule has 3 rings (SSSR count). The number of carbonyl (C=O) groups excluding carboxylic acids is 3. The van der Waals surface area contributed by atoms with Crippen LogP contribution in [0.15, 0.2) is 10.5 Å². The number of anilines is 1. The highest BCUT2D eigenvalue weighted by Crippen LogP contribution is 2.35. The highest BCUT2D eigenvalue weighted by Gasteiger charge is 2.27. The SMILES string of the molecule is CCc1c(-c2nnc(SCC(=O)Nc3sc(C(=O)OC)c(C)c3C(=O)OC)n2C)csc1C. The molecule has 0 radical (unpaired) electrons. The molecule has 9 nitrogen and oxygen atoms in total. The Morgan fingerprint density at radius 3 is 2.48 bits per heavy atom. The van der Waals surface area contributed by atoms with E-state index in [1.807, 2.05) is 11.6 Å². The second-order valence-corrected chi connectivity index (χ2v) is 10.0. The Morgan fingerprint density at radius 1 is 1.15 bits per heavy atom. The molecule has 0 saturated carbocycles. The molecule has 3 aromatic rings. The lowest BCUT2D eigenvalue weighted by Crippen LogP contribution is -2.16. The monoisotopic (exact) mass is 508 g/mol. The van der Waals surface area contributed by atoms with Crippen molar-refractivity contribution in [3.63, 3.8) is 0 Å². The third kappa shape index (κ3) is 4.97. The van der Waals surface area contributed by atoms with Crippen LogP contribution in [0.1, 0.15) is 43.0 Å². The van der Waals surface area contributed by atoms with Crippen LogP contribution >= 0.6 is 34.4 Å². The van der Waals surface area contributed by atoms with Gasteiger partial charge in [-0.3, -0.25) is 4.79 Å². The van der Waals surface area contributed by atoms with E-state index in [-0.39, 0.29) is 27.1 Å². The summed E-state index contributed by atoms with van der Waals surface area (Å²) in [5.74, 6) is -0.783. The van der Waals surface area contributed by atoms with Crippen molar-refractivity contribution in [2.24, 2.45) is 7.05 Å². The fraction of sp³-hybridized carbons (Fsp3) is 0.381. The predicted octanol–water partition coefficient (Wildman–Crippen LogP) is 4.09. The molecule has 1 amide bonds. The first-order valence-corrected chi connectivity index (χ1v) is 12.6. The number of hydrogen-bond acceptors (Lipinski definition) is 10. The minimum atomic E-state index is -0.641. The lowest BCUT2D eigenvalue weighted by molar-refractivity contribution is -0.113. The number of nitrogens with one attached hydrogen (secondary N) is 1. The smallest absolute Gasteiger partial charge is 0.348 e. The topological polar surface area (TPSA) is 112 Å². The molecule has 0 aromatic carbocycles. The number of carbonyl (C=O) groups is 3. The van der Waals surface area contributed by atoms with E-state index < -0.39 is 11.9 Å². The molecule has 0 fully saturated rings. The number of nitrogens with zero attached hydrogens (tertiary/aromatic N) is 3. The molecule has 1 N–H and O–H groups in total. The molecule has 33 heavy (non-hydrogen) atoms. The number of methoxy groups -OCH3 is 2. The summed E-state index contributed by atoms with van der Waals surface area (Å²) in [6, 6.07) is 0. The molecule has 0 unspecified atom stereocenters. The summed E-state index contributed by atoms with van der Waals surface area (Å²) in [4.78, 5) is 38.4. The van der Waals surface area contributed by atoms with E-state index >= 15 is 0 Å². The van der Waals surface area contributed by atoms with Gasteiger partial charge in [-0.25, -0.2) is 9.59 Å². The van der Waals surface area contributed by atoms with Crippen molar-refractivity contribution in [1.82, 2.24) is 14.8 Å². The van der Waals surface area contributed by atoms with Crippen molar-refractivity contribution >= 4 is 57.3 Å². The lowest BCUT2D eigenvalue weighted by Gasteiger charge is -2.07. The largest absolute Gasteiger partial charge is 0.465 e. The molecule has 12 heteroatoms. The third-order valence-corrected chi connectivity index (χ3v) is 8.19. The Bertz CT molecular complexity index is 1210. The van der Waals surface area contributed by atoms with Gasteiger partial charge in [0.2, 0.25) is 5.91 Å². The molecule has 3 heterocycles. The van der Waals surface area contributed by atoms with Crippen molar-refractivity contribution in [2.75, 3.05) is 25.3 Å². The summed E-state index contributed by atoms with van der Waals surface area (Å²) in [6.45, 7) is 5.80. The molecule has 0 saturated heterocycles. The third-order valence-electron chi connectivity index (χ3n) is 5.03. The average Bonchev–Trinajstić information content (AvgIpc) is 3.45. The number of ether oxygens (including phenoxy) is 2. The van der Waals surface area contributed by atoms with E-state index in [1.165, 1.54) is 36.4 Å². The highest BCUT2D eigenvalue weighted by atomic mass is 32.2. The van der Waals surface area contributed by atoms with Gasteiger partial charge in [0.1, 0.15) is 9.88 Å². The summed E-state index contributed by atoms with van der Waals surface area (Å²) >= 11 is 3.88. The predicted molar refractivity (Wildman–Crippen MR) is 130 cm³/mol. The number of esters is 2. The molecule has 176 valence electrons. The van der Waals surface area contributed by atoms with E-state index in [0.717, 1.165) is 29.1 Å². The van der Waals surface area contributed by atoms with Crippen LogP contribution in [0.4, 0.5) is 5.00 Å². The van der Waals surface area contributed by atoms with Crippen molar-refractivity contribution in [3.05, 3.63) is 31.8 Å². The zero-order chi connectivity index (χ0) is 24.3. The van der Waals surface area contributed by atoms with Crippen LogP contribution in [-0.2, 0) is 27.7 Å². The molecular formula is C21H24N4O5S3. The first-order valence-electron chi connectivity index (χ1n) is 9.92. The first kappa shape index (κ1) is 24.9. The number of thiophene rings is 2. The molecule has 0 atom stereocenters. The van der Waals surface area contributed by atoms with Gasteiger partial charge in [-0.1, -0.05) is 18.7 Å². The Hall–Kier alpha value is -2.70. The molecular weight excluding hydrogens is 484 g/mol. The minimum Gasteiger partial charge on any atom is -0.465 e. The number of amides is 1. The maximum absolute atomic E-state index is 12.7. The summed E-state index contributed by atoms with van der Waals surface area (Å²) in [5, 5.41) is 14.2. The van der Waals surface area contributed by atoms with Gasteiger partial charge in [0.15, 0.2) is 11.0 Å². The summed E-state index contributed by atoms with van der Waals surface area (Å²) in [5.41, 5.74) is 2.84. The van der Waals surface area contributed by atoms with Crippen LogP contribution in [0.2, 0.25) is 0 Å². The summed E-state index contributed by atoms with van der Waals surface area (Å²) < 4.78 is 11.4. The second kappa shape index (κ2) is 10.5. The van der Waals surface area contributed by atoms with Gasteiger partial charge in [0.25, 0.3) is 0 Å². The van der Waals surface area contributed by atoms with Crippen LogP contribution in [0.3, 0.4) is 0 Å². The Balaban J connectivity index is 1.76. The zero-order valence-corrected chi connectivity index (χ0v) is 21.5. The Kier molecular flexibility index (Phi) is 7.92. The molecule has 0 spiro atoms. The number of hydrogen-bond donors (Lipinski definition) is 1. The first-order chi connectivity index (χ1) is 15.7. The molecule has 0 bridgehead atoms. The minimum absolute atomic E-state index is 0.0421. The normalized spacial score (nSPS) is 10.8. The maximum atomic E-state index is 12.7. The average molecular weight is 509 g/mol. The van der Waals surface area contributed by atoms with Gasteiger partial charge in [0.05, 0.1) is 25.5 Å². The number of thioether (sulfide) groups is 1. The standard InChI is InChI=1S/C21H24N4O5S3/c1-7-12-11(3)31-8-13(12)17-23-24-21(25(17)4)32-9-14(26)22-18-15(19(27)29-5)10(2)16(33-18)20(28)30-6/h8H,7,9H2,1-6H3,(H,22,26). The van der Waals surface area contributed by atoms with Crippen LogP contribution in [0.5, 0.6) is 0 Å². The lowest BCUT2D eigenvalue weighted by atomic mass is 10.1. The van der Waals surface area contributed by atoms with Gasteiger partial charge in [-0.2, -0.15) is 0 Å². The van der Waals surface area contributed by atoms with Crippen LogP contribution in [-0.4, -0.2) is 52.6 Å². The maximum Gasteiger partial charge on any atom is 0.348 e. The number of rotatable bonds is 8. The van der Waals surface area contributed by atoms with Crippen molar-refractivity contribution in [3.8, 4) is 11.4 Å². The van der Waals surface area contributed by atoms with Gasteiger partial charge >= 0.3 is 11.9 Å². The van der Waals surface area contributed by atoms with Crippen molar-refractivity contribution in [1.29, 1.82) is 0 Å². The second-order valence-electron chi connectivity index (χ2n) is 6.98. The Morgan fingerprint density at radius 2 is 1.85 bits per heavy atom. The van der Waals surface area contributed by atoms with Gasteiger partial charge in [-0.15, -0.1) is 32.9 Å². The quantitative estimate of drug-likeness (QED) is 0.358. The summed E-state index contributed by atoms with van der Waals surface area (Å²) in [7, 11) is 4.36. The van der Waals surface area contributed by atoms with Crippen molar-refractivity contribution in [2.45, 2.75) is 32.3 Å². The van der Waals surface area contributed by atoms with Crippen molar-refractivity contribution < 1.29 is 23.9 Å². The van der Waals surface area contributed by atoms with E-state index in [1.54, 1.807) is 18.3 Å². The molecule has 3 aromatic heterocycles. The zero-order valence-electron chi connectivity index (χ0n) is 19.1. The van der Waals surface area contributed by atoms with Crippen LogP contribution in [0.25, 0.3) is 11.4 Å².